The molecule has 6 nitrogen and oxygen atoms in total. The van der Waals surface area contributed by atoms with Crippen molar-refractivity contribution in [1.29, 1.82) is 0 Å². The van der Waals surface area contributed by atoms with Crippen LogP contribution in [0.15, 0.2) is 47.8 Å². The minimum atomic E-state index is -3.56. The Labute approximate surface area is 111 Å². The second-order valence-corrected chi connectivity index (χ2v) is 5.64. The summed E-state index contributed by atoms with van der Waals surface area (Å²) in [7, 11) is -3.56. The average molecular weight is 278 g/mol. The van der Waals surface area contributed by atoms with Gasteiger partial charge in [-0.15, -0.1) is 0 Å². The smallest absolute Gasteiger partial charge is 0.240 e. The largest absolute Gasteiger partial charge is 0.326 e. The molecular formula is C12H14N4O2S. The molecule has 0 unspecified atom stereocenters. The van der Waals surface area contributed by atoms with Gasteiger partial charge in [0.15, 0.2) is 0 Å². The van der Waals surface area contributed by atoms with Crippen molar-refractivity contribution in [2.45, 2.75) is 18.0 Å². The number of nitrogens with zero attached hydrogens (tertiary/aromatic N) is 2. The Kier molecular flexibility index (Phi) is 4.20. The third kappa shape index (κ3) is 3.57. The van der Waals surface area contributed by atoms with E-state index in [1.54, 1.807) is 30.5 Å². The van der Waals surface area contributed by atoms with Crippen molar-refractivity contribution in [3.8, 4) is 0 Å². The summed E-state index contributed by atoms with van der Waals surface area (Å²) >= 11 is 0. The van der Waals surface area contributed by atoms with Crippen LogP contribution >= 0.6 is 0 Å². The number of aromatic nitrogens is 2. The highest BCUT2D eigenvalue weighted by Crippen LogP contribution is 2.11. The first-order valence-corrected chi connectivity index (χ1v) is 7.14. The van der Waals surface area contributed by atoms with Gasteiger partial charge in [0.25, 0.3) is 0 Å². The van der Waals surface area contributed by atoms with E-state index in [-0.39, 0.29) is 11.4 Å². The van der Waals surface area contributed by atoms with E-state index in [0.717, 1.165) is 5.56 Å². The predicted octanol–water partition coefficient (Wildman–Crippen LogP) is 0.414. The molecule has 3 N–H and O–H groups in total. The van der Waals surface area contributed by atoms with Crippen molar-refractivity contribution in [2.75, 3.05) is 0 Å². The summed E-state index contributed by atoms with van der Waals surface area (Å²) in [6, 6.07) is 8.19. The van der Waals surface area contributed by atoms with Gasteiger partial charge in [-0.2, -0.15) is 0 Å². The molecule has 1 aromatic heterocycles. The molecule has 0 bridgehead atoms. The number of benzene rings is 1. The molecule has 0 saturated heterocycles. The summed E-state index contributed by atoms with van der Waals surface area (Å²) in [4.78, 5) is 7.92. The van der Waals surface area contributed by atoms with Gasteiger partial charge in [0.05, 0.1) is 17.1 Å². The van der Waals surface area contributed by atoms with Crippen LogP contribution in [0.4, 0.5) is 0 Å². The lowest BCUT2D eigenvalue weighted by atomic mass is 10.2. The Balaban J connectivity index is 2.14. The van der Waals surface area contributed by atoms with Crippen molar-refractivity contribution < 1.29 is 8.42 Å². The number of rotatable bonds is 5. The molecule has 0 radical (unpaired) electrons. The summed E-state index contributed by atoms with van der Waals surface area (Å²) in [6.45, 7) is 0.424. The fourth-order valence-corrected chi connectivity index (χ4v) is 2.58. The number of sulfonamides is 1. The number of nitrogens with one attached hydrogen (secondary N) is 1. The normalized spacial score (nSPS) is 11.4. The van der Waals surface area contributed by atoms with E-state index >= 15 is 0 Å². The van der Waals surface area contributed by atoms with Gasteiger partial charge in [0.2, 0.25) is 10.0 Å². The van der Waals surface area contributed by atoms with Crippen molar-refractivity contribution in [2.24, 2.45) is 5.73 Å². The van der Waals surface area contributed by atoms with Crippen LogP contribution in [0.3, 0.4) is 0 Å². The predicted molar refractivity (Wildman–Crippen MR) is 70.4 cm³/mol. The summed E-state index contributed by atoms with van der Waals surface area (Å²) in [5, 5.41) is 0. The van der Waals surface area contributed by atoms with E-state index in [2.05, 4.69) is 14.7 Å². The standard InChI is InChI=1S/C12H14N4O2S/c13-7-10-2-1-3-12(6-10)19(17,18)16-8-11-4-5-14-9-15-11/h1-6,9,16H,7-8,13H2. The first-order valence-electron chi connectivity index (χ1n) is 5.65. The van der Waals surface area contributed by atoms with Crippen LogP contribution in [0, 0.1) is 0 Å². The second kappa shape index (κ2) is 5.87. The van der Waals surface area contributed by atoms with Crippen LogP contribution in [0.5, 0.6) is 0 Å². The molecule has 1 aromatic carbocycles. The van der Waals surface area contributed by atoms with E-state index in [1.165, 1.54) is 12.4 Å². The van der Waals surface area contributed by atoms with Crippen molar-refractivity contribution >= 4 is 10.0 Å². The first kappa shape index (κ1) is 13.6. The van der Waals surface area contributed by atoms with Crippen LogP contribution in [0.2, 0.25) is 0 Å². The fourth-order valence-electron chi connectivity index (χ4n) is 1.51. The Morgan fingerprint density at radius 3 is 2.79 bits per heavy atom. The molecule has 0 amide bonds. The summed E-state index contributed by atoms with van der Waals surface area (Å²) in [5.41, 5.74) is 6.87. The molecule has 0 aliphatic heterocycles. The van der Waals surface area contributed by atoms with Crippen LogP contribution in [-0.2, 0) is 23.1 Å². The third-order valence-electron chi connectivity index (χ3n) is 2.53. The average Bonchev–Trinajstić information content (AvgIpc) is 2.46. The monoisotopic (exact) mass is 278 g/mol. The number of nitrogens with two attached hydrogens (primary N) is 1. The zero-order valence-corrected chi connectivity index (χ0v) is 11.0. The van der Waals surface area contributed by atoms with Gasteiger partial charge in [-0.1, -0.05) is 12.1 Å². The SMILES string of the molecule is NCc1cccc(S(=O)(=O)NCc2ccncn2)c1. The maximum absolute atomic E-state index is 12.1. The first-order chi connectivity index (χ1) is 9.12. The lowest BCUT2D eigenvalue weighted by Gasteiger charge is -2.07. The Hall–Kier alpha value is -1.83. The highest BCUT2D eigenvalue weighted by atomic mass is 32.2. The van der Waals surface area contributed by atoms with E-state index < -0.39 is 10.0 Å². The molecule has 0 fully saturated rings. The number of hydrogen-bond acceptors (Lipinski definition) is 5. The fraction of sp³-hybridized carbons (Fsp3) is 0.167. The molecule has 0 atom stereocenters. The van der Waals surface area contributed by atoms with Gasteiger partial charge >= 0.3 is 0 Å². The zero-order chi connectivity index (χ0) is 13.7. The lowest BCUT2D eigenvalue weighted by Crippen LogP contribution is -2.23. The van der Waals surface area contributed by atoms with Crippen LogP contribution in [-0.4, -0.2) is 18.4 Å². The molecule has 2 rings (SSSR count). The maximum atomic E-state index is 12.1. The highest BCUT2D eigenvalue weighted by molar-refractivity contribution is 7.89. The van der Waals surface area contributed by atoms with Gasteiger partial charge in [0, 0.05) is 12.7 Å². The second-order valence-electron chi connectivity index (χ2n) is 3.88. The Bertz CT molecular complexity index is 644. The summed E-state index contributed by atoms with van der Waals surface area (Å²) in [6.07, 6.45) is 2.93. The molecule has 100 valence electrons. The topological polar surface area (TPSA) is 98.0 Å². The summed E-state index contributed by atoms with van der Waals surface area (Å²) in [5.74, 6) is 0. The van der Waals surface area contributed by atoms with Gasteiger partial charge < -0.3 is 5.73 Å². The number of hydrogen-bond donors (Lipinski definition) is 2. The maximum Gasteiger partial charge on any atom is 0.240 e. The molecule has 0 saturated carbocycles. The minimum Gasteiger partial charge on any atom is -0.326 e. The van der Waals surface area contributed by atoms with Crippen molar-refractivity contribution in [3.63, 3.8) is 0 Å². The quantitative estimate of drug-likeness (QED) is 0.825. The molecule has 0 spiro atoms. The van der Waals surface area contributed by atoms with E-state index in [1.807, 2.05) is 0 Å². The van der Waals surface area contributed by atoms with Crippen LogP contribution < -0.4 is 10.5 Å². The lowest BCUT2D eigenvalue weighted by molar-refractivity contribution is 0.580. The van der Waals surface area contributed by atoms with E-state index in [0.29, 0.717) is 12.2 Å². The Morgan fingerprint density at radius 2 is 2.11 bits per heavy atom. The van der Waals surface area contributed by atoms with Gasteiger partial charge in [-0.25, -0.2) is 23.1 Å². The molecule has 19 heavy (non-hydrogen) atoms. The van der Waals surface area contributed by atoms with Crippen LogP contribution in [0.1, 0.15) is 11.3 Å². The Morgan fingerprint density at radius 1 is 1.26 bits per heavy atom. The minimum absolute atomic E-state index is 0.123. The molecule has 0 aliphatic carbocycles. The van der Waals surface area contributed by atoms with E-state index in [9.17, 15) is 8.42 Å². The molecule has 0 aliphatic rings. The molecule has 7 heteroatoms. The van der Waals surface area contributed by atoms with Gasteiger partial charge in [0.1, 0.15) is 6.33 Å². The third-order valence-corrected chi connectivity index (χ3v) is 3.93. The summed E-state index contributed by atoms with van der Waals surface area (Å²) < 4.78 is 26.6. The zero-order valence-electron chi connectivity index (χ0n) is 10.2. The molecular weight excluding hydrogens is 264 g/mol. The van der Waals surface area contributed by atoms with Crippen LogP contribution in [0.25, 0.3) is 0 Å². The van der Waals surface area contributed by atoms with Gasteiger partial charge in [-0.05, 0) is 23.8 Å². The van der Waals surface area contributed by atoms with Gasteiger partial charge in [-0.3, -0.25) is 0 Å². The van der Waals surface area contributed by atoms with Crippen molar-refractivity contribution in [1.82, 2.24) is 14.7 Å². The molecule has 1 heterocycles. The highest BCUT2D eigenvalue weighted by Gasteiger charge is 2.14. The molecule has 2 aromatic rings. The van der Waals surface area contributed by atoms with E-state index in [4.69, 9.17) is 5.73 Å². The van der Waals surface area contributed by atoms with Crippen molar-refractivity contribution in [3.05, 3.63) is 54.1 Å².